The highest BCUT2D eigenvalue weighted by molar-refractivity contribution is 9.10. The molecule has 1 unspecified atom stereocenters. The van der Waals surface area contributed by atoms with Crippen LogP contribution in [0.25, 0.3) is 0 Å². The molecule has 0 bridgehead atoms. The fraction of sp³-hybridized carbons (Fsp3) is 0.500. The molecule has 6 nitrogen and oxygen atoms in total. The van der Waals surface area contributed by atoms with Gasteiger partial charge in [-0.1, -0.05) is 0 Å². The SMILES string of the molecule is CCOC(=O)c1ccc(S(=O)(=O)NC(CN)C2CC2)c(Br)c1. The highest BCUT2D eigenvalue weighted by Crippen LogP contribution is 2.33. The van der Waals surface area contributed by atoms with Gasteiger partial charge in [0.2, 0.25) is 10.0 Å². The second-order valence-corrected chi connectivity index (χ2v) is 7.70. The molecule has 2 rings (SSSR count). The zero-order chi connectivity index (χ0) is 16.3. The molecule has 1 aromatic carbocycles. The molecule has 0 spiro atoms. The third kappa shape index (κ3) is 4.07. The average molecular weight is 391 g/mol. The molecule has 22 heavy (non-hydrogen) atoms. The Hall–Kier alpha value is -0.960. The molecule has 0 radical (unpaired) electrons. The van der Waals surface area contributed by atoms with Crippen LogP contribution in [0, 0.1) is 5.92 Å². The van der Waals surface area contributed by atoms with E-state index in [1.54, 1.807) is 6.92 Å². The van der Waals surface area contributed by atoms with Crippen LogP contribution in [0.4, 0.5) is 0 Å². The van der Waals surface area contributed by atoms with E-state index in [9.17, 15) is 13.2 Å². The second kappa shape index (κ2) is 7.08. The first kappa shape index (κ1) is 17.4. The minimum absolute atomic E-state index is 0.0830. The molecule has 1 atom stereocenters. The molecule has 0 saturated heterocycles. The Bertz CT molecular complexity index is 659. The van der Waals surface area contributed by atoms with Crippen LogP contribution in [0.1, 0.15) is 30.1 Å². The maximum absolute atomic E-state index is 12.4. The first-order chi connectivity index (χ1) is 10.4. The number of rotatable bonds is 7. The Labute approximate surface area is 138 Å². The molecule has 8 heteroatoms. The highest BCUT2D eigenvalue weighted by atomic mass is 79.9. The lowest BCUT2D eigenvalue weighted by molar-refractivity contribution is 0.0526. The lowest BCUT2D eigenvalue weighted by atomic mass is 10.2. The van der Waals surface area contributed by atoms with E-state index in [0.717, 1.165) is 12.8 Å². The Balaban J connectivity index is 2.21. The number of hydrogen-bond acceptors (Lipinski definition) is 5. The number of benzene rings is 1. The van der Waals surface area contributed by atoms with Crippen molar-refractivity contribution in [2.45, 2.75) is 30.7 Å². The van der Waals surface area contributed by atoms with Crippen LogP contribution in [0.5, 0.6) is 0 Å². The van der Waals surface area contributed by atoms with Crippen LogP contribution in [-0.2, 0) is 14.8 Å². The topological polar surface area (TPSA) is 98.5 Å². The van der Waals surface area contributed by atoms with Gasteiger partial charge in [-0.05, 0) is 59.8 Å². The van der Waals surface area contributed by atoms with Gasteiger partial charge in [0.25, 0.3) is 0 Å². The molecule has 3 N–H and O–H groups in total. The van der Waals surface area contributed by atoms with E-state index >= 15 is 0 Å². The minimum Gasteiger partial charge on any atom is -0.462 e. The maximum atomic E-state index is 12.4. The molecular weight excluding hydrogens is 372 g/mol. The summed E-state index contributed by atoms with van der Waals surface area (Å²) in [7, 11) is -3.69. The van der Waals surface area contributed by atoms with Crippen molar-refractivity contribution in [3.05, 3.63) is 28.2 Å². The standard InChI is InChI=1S/C14H19BrN2O4S/c1-2-21-14(18)10-5-6-13(11(15)7-10)22(19,20)17-12(8-16)9-3-4-9/h5-7,9,12,17H,2-4,8,16H2,1H3. The van der Waals surface area contributed by atoms with Crippen LogP contribution in [0.15, 0.2) is 27.6 Å². The van der Waals surface area contributed by atoms with Gasteiger partial charge in [0, 0.05) is 17.1 Å². The van der Waals surface area contributed by atoms with E-state index in [1.807, 2.05) is 0 Å². The predicted molar refractivity (Wildman–Crippen MR) is 86.0 cm³/mol. The lowest BCUT2D eigenvalue weighted by Crippen LogP contribution is -2.41. The highest BCUT2D eigenvalue weighted by Gasteiger charge is 2.34. The van der Waals surface area contributed by atoms with E-state index < -0.39 is 16.0 Å². The summed E-state index contributed by atoms with van der Waals surface area (Å²) in [6.45, 7) is 2.24. The Morgan fingerprint density at radius 1 is 1.50 bits per heavy atom. The van der Waals surface area contributed by atoms with E-state index in [-0.39, 0.29) is 24.1 Å². The first-order valence-electron chi connectivity index (χ1n) is 7.08. The Morgan fingerprint density at radius 3 is 2.68 bits per heavy atom. The maximum Gasteiger partial charge on any atom is 0.338 e. The predicted octanol–water partition coefficient (Wildman–Crippen LogP) is 1.64. The van der Waals surface area contributed by atoms with Crippen molar-refractivity contribution < 1.29 is 17.9 Å². The van der Waals surface area contributed by atoms with Crippen LogP contribution >= 0.6 is 15.9 Å². The number of nitrogens with two attached hydrogens (primary N) is 1. The molecular formula is C14H19BrN2O4S. The molecule has 1 aromatic rings. The fourth-order valence-electron chi connectivity index (χ4n) is 2.16. The molecule has 0 heterocycles. The fourth-order valence-corrected chi connectivity index (χ4v) is 4.55. The summed E-state index contributed by atoms with van der Waals surface area (Å²) in [5, 5.41) is 0. The lowest BCUT2D eigenvalue weighted by Gasteiger charge is -2.17. The summed E-state index contributed by atoms with van der Waals surface area (Å²) in [5.41, 5.74) is 5.93. The largest absolute Gasteiger partial charge is 0.462 e. The molecule has 0 aliphatic heterocycles. The van der Waals surface area contributed by atoms with Gasteiger partial charge in [-0.2, -0.15) is 0 Å². The monoisotopic (exact) mass is 390 g/mol. The van der Waals surface area contributed by atoms with Crippen LogP contribution < -0.4 is 10.5 Å². The summed E-state index contributed by atoms with van der Waals surface area (Å²) in [6, 6.07) is 4.02. The molecule has 122 valence electrons. The van der Waals surface area contributed by atoms with Crippen LogP contribution in [-0.4, -0.2) is 33.6 Å². The number of halogens is 1. The van der Waals surface area contributed by atoms with Crippen molar-refractivity contribution in [3.8, 4) is 0 Å². The first-order valence-corrected chi connectivity index (χ1v) is 9.35. The van der Waals surface area contributed by atoms with Gasteiger partial charge in [0.15, 0.2) is 0 Å². The molecule has 1 saturated carbocycles. The number of ether oxygens (including phenoxy) is 1. The third-order valence-corrected chi connectivity index (χ3v) is 5.95. The summed E-state index contributed by atoms with van der Waals surface area (Å²) in [5.74, 6) is -0.171. The number of carbonyl (C=O) groups is 1. The van der Waals surface area contributed by atoms with Crippen molar-refractivity contribution in [3.63, 3.8) is 0 Å². The van der Waals surface area contributed by atoms with Gasteiger partial charge in [-0.15, -0.1) is 0 Å². The van der Waals surface area contributed by atoms with Crippen molar-refractivity contribution in [1.82, 2.24) is 4.72 Å². The van der Waals surface area contributed by atoms with Crippen LogP contribution in [0.2, 0.25) is 0 Å². The normalized spacial score (nSPS) is 16.3. The second-order valence-electron chi connectivity index (χ2n) is 5.17. The van der Waals surface area contributed by atoms with Crippen LogP contribution in [0.3, 0.4) is 0 Å². The number of sulfonamides is 1. The van der Waals surface area contributed by atoms with Gasteiger partial charge >= 0.3 is 5.97 Å². The zero-order valence-electron chi connectivity index (χ0n) is 12.2. The molecule has 0 amide bonds. The van der Waals surface area contributed by atoms with Crippen molar-refractivity contribution in [1.29, 1.82) is 0 Å². The number of nitrogens with one attached hydrogen (secondary N) is 1. The quantitative estimate of drug-likeness (QED) is 0.689. The number of esters is 1. The summed E-state index contributed by atoms with van der Waals surface area (Å²) in [4.78, 5) is 11.7. The van der Waals surface area contributed by atoms with Gasteiger partial charge in [0.05, 0.1) is 17.1 Å². The van der Waals surface area contributed by atoms with E-state index in [4.69, 9.17) is 10.5 Å². The molecule has 1 fully saturated rings. The van der Waals surface area contributed by atoms with E-state index in [2.05, 4.69) is 20.7 Å². The van der Waals surface area contributed by atoms with Gasteiger partial charge < -0.3 is 10.5 Å². The van der Waals surface area contributed by atoms with Crippen molar-refractivity contribution in [2.24, 2.45) is 11.7 Å². The third-order valence-electron chi connectivity index (χ3n) is 3.48. The van der Waals surface area contributed by atoms with Gasteiger partial charge in [-0.25, -0.2) is 17.9 Å². The number of carbonyl (C=O) groups excluding carboxylic acids is 1. The Kier molecular flexibility index (Phi) is 5.60. The smallest absolute Gasteiger partial charge is 0.338 e. The summed E-state index contributed by atoms with van der Waals surface area (Å²) < 4.78 is 32.7. The Morgan fingerprint density at radius 2 is 2.18 bits per heavy atom. The summed E-state index contributed by atoms with van der Waals surface area (Å²) in [6.07, 6.45) is 1.99. The molecule has 1 aliphatic rings. The van der Waals surface area contributed by atoms with Crippen molar-refractivity contribution in [2.75, 3.05) is 13.2 Å². The molecule has 1 aliphatic carbocycles. The molecule has 0 aromatic heterocycles. The van der Waals surface area contributed by atoms with Crippen molar-refractivity contribution >= 4 is 31.9 Å². The van der Waals surface area contributed by atoms with E-state index in [0.29, 0.717) is 16.0 Å². The van der Waals surface area contributed by atoms with Gasteiger partial charge in [0.1, 0.15) is 0 Å². The van der Waals surface area contributed by atoms with Gasteiger partial charge in [-0.3, -0.25) is 0 Å². The van der Waals surface area contributed by atoms with E-state index in [1.165, 1.54) is 18.2 Å². The number of hydrogen-bond donors (Lipinski definition) is 2. The minimum atomic E-state index is -3.69. The zero-order valence-corrected chi connectivity index (χ0v) is 14.6. The average Bonchev–Trinajstić information content (AvgIpc) is 3.29. The summed E-state index contributed by atoms with van der Waals surface area (Å²) >= 11 is 3.21.